The van der Waals surface area contributed by atoms with Crippen molar-refractivity contribution in [1.29, 1.82) is 0 Å². The summed E-state index contributed by atoms with van der Waals surface area (Å²) in [5.74, 6) is 0.995. The van der Waals surface area contributed by atoms with Crippen LogP contribution in [0.1, 0.15) is 19.0 Å². The first kappa shape index (κ1) is 12.2. The highest BCUT2D eigenvalue weighted by atomic mass is 16.3. The SMILES string of the molecule is CC1=CCCN(c2nc(CO)cc3ccccc23)C1. The summed E-state index contributed by atoms with van der Waals surface area (Å²) in [6.07, 6.45) is 3.35. The van der Waals surface area contributed by atoms with Crippen LogP contribution in [0.5, 0.6) is 0 Å². The molecule has 3 rings (SSSR count). The minimum atomic E-state index is -0.0134. The van der Waals surface area contributed by atoms with Crippen molar-refractivity contribution in [3.63, 3.8) is 0 Å². The number of rotatable bonds is 2. The molecule has 2 aromatic rings. The first-order valence-electron chi connectivity index (χ1n) is 6.68. The van der Waals surface area contributed by atoms with E-state index < -0.39 is 0 Å². The smallest absolute Gasteiger partial charge is 0.137 e. The van der Waals surface area contributed by atoms with Crippen LogP contribution in [0.15, 0.2) is 42.0 Å². The molecule has 0 spiro atoms. The van der Waals surface area contributed by atoms with Gasteiger partial charge >= 0.3 is 0 Å². The Morgan fingerprint density at radius 3 is 2.95 bits per heavy atom. The lowest BCUT2D eigenvalue weighted by atomic mass is 10.1. The number of nitrogens with zero attached hydrogens (tertiary/aromatic N) is 2. The Bertz CT molecular complexity index is 634. The van der Waals surface area contributed by atoms with Gasteiger partial charge in [-0.05, 0) is 24.8 Å². The van der Waals surface area contributed by atoms with E-state index in [0.29, 0.717) is 0 Å². The quantitative estimate of drug-likeness (QED) is 0.837. The number of aliphatic hydroxyl groups is 1. The fourth-order valence-electron chi connectivity index (χ4n) is 2.65. The highest BCUT2D eigenvalue weighted by Gasteiger charge is 2.15. The predicted octanol–water partition coefficient (Wildman–Crippen LogP) is 2.88. The van der Waals surface area contributed by atoms with Crippen LogP contribution >= 0.6 is 0 Å². The van der Waals surface area contributed by atoms with Crippen LogP contribution in [0.25, 0.3) is 10.8 Å². The van der Waals surface area contributed by atoms with Gasteiger partial charge in [-0.3, -0.25) is 0 Å². The summed E-state index contributed by atoms with van der Waals surface area (Å²) in [5, 5.41) is 11.7. The molecule has 1 aromatic carbocycles. The molecule has 19 heavy (non-hydrogen) atoms. The minimum Gasteiger partial charge on any atom is -0.390 e. The van der Waals surface area contributed by atoms with Crippen molar-refractivity contribution in [1.82, 2.24) is 4.98 Å². The Kier molecular flexibility index (Phi) is 3.22. The van der Waals surface area contributed by atoms with Crippen molar-refractivity contribution < 1.29 is 5.11 Å². The molecule has 0 aliphatic carbocycles. The van der Waals surface area contributed by atoms with Gasteiger partial charge in [0.05, 0.1) is 12.3 Å². The third-order valence-corrected chi connectivity index (χ3v) is 3.57. The van der Waals surface area contributed by atoms with E-state index in [9.17, 15) is 5.11 Å². The summed E-state index contributed by atoms with van der Waals surface area (Å²) >= 11 is 0. The van der Waals surface area contributed by atoms with Gasteiger partial charge in [0.2, 0.25) is 0 Å². The number of anilines is 1. The van der Waals surface area contributed by atoms with Gasteiger partial charge in [-0.15, -0.1) is 0 Å². The van der Waals surface area contributed by atoms with Crippen LogP contribution in [0.2, 0.25) is 0 Å². The number of pyridine rings is 1. The van der Waals surface area contributed by atoms with Crippen LogP contribution in [0.4, 0.5) is 5.82 Å². The molecule has 1 aliphatic rings. The summed E-state index contributed by atoms with van der Waals surface area (Å²) in [5.41, 5.74) is 2.12. The summed E-state index contributed by atoms with van der Waals surface area (Å²) in [6, 6.07) is 10.2. The third kappa shape index (κ3) is 2.34. The molecule has 1 N–H and O–H groups in total. The van der Waals surface area contributed by atoms with E-state index in [4.69, 9.17) is 0 Å². The van der Waals surface area contributed by atoms with Crippen molar-refractivity contribution in [2.45, 2.75) is 20.0 Å². The molecular weight excluding hydrogens is 236 g/mol. The lowest BCUT2D eigenvalue weighted by Crippen LogP contribution is -2.30. The maximum Gasteiger partial charge on any atom is 0.137 e. The van der Waals surface area contributed by atoms with E-state index in [2.05, 4.69) is 35.0 Å². The van der Waals surface area contributed by atoms with Crippen molar-refractivity contribution in [2.75, 3.05) is 18.0 Å². The summed E-state index contributed by atoms with van der Waals surface area (Å²) in [6.45, 7) is 4.06. The second-order valence-electron chi connectivity index (χ2n) is 5.08. The number of aromatic nitrogens is 1. The van der Waals surface area contributed by atoms with Gasteiger partial charge in [0.15, 0.2) is 0 Å². The van der Waals surface area contributed by atoms with Gasteiger partial charge in [-0.1, -0.05) is 35.9 Å². The van der Waals surface area contributed by atoms with Gasteiger partial charge < -0.3 is 10.0 Å². The standard InChI is InChI=1S/C16H18N2O/c1-12-5-4-8-18(10-12)16-15-7-3-2-6-13(15)9-14(11-19)17-16/h2-3,5-7,9,19H,4,8,10-11H2,1H3. The zero-order valence-corrected chi connectivity index (χ0v) is 11.1. The molecule has 98 valence electrons. The van der Waals surface area contributed by atoms with Crippen LogP contribution < -0.4 is 4.90 Å². The molecule has 0 amide bonds. The van der Waals surface area contributed by atoms with E-state index in [1.54, 1.807) is 0 Å². The summed E-state index contributed by atoms with van der Waals surface area (Å²) in [4.78, 5) is 6.93. The number of hydrogen-bond donors (Lipinski definition) is 1. The average molecular weight is 254 g/mol. The maximum atomic E-state index is 9.38. The molecule has 0 atom stereocenters. The average Bonchev–Trinajstić information content (AvgIpc) is 2.46. The Morgan fingerprint density at radius 1 is 1.32 bits per heavy atom. The molecule has 0 unspecified atom stereocenters. The van der Waals surface area contributed by atoms with Crippen molar-refractivity contribution >= 4 is 16.6 Å². The van der Waals surface area contributed by atoms with Crippen LogP contribution in [-0.4, -0.2) is 23.2 Å². The maximum absolute atomic E-state index is 9.38. The number of hydrogen-bond acceptors (Lipinski definition) is 3. The fourth-order valence-corrected chi connectivity index (χ4v) is 2.65. The second kappa shape index (κ2) is 5.02. The topological polar surface area (TPSA) is 36.4 Å². The van der Waals surface area contributed by atoms with Gasteiger partial charge in [0, 0.05) is 18.5 Å². The zero-order chi connectivity index (χ0) is 13.2. The van der Waals surface area contributed by atoms with Gasteiger partial charge in [0.1, 0.15) is 5.82 Å². The Balaban J connectivity index is 2.13. The van der Waals surface area contributed by atoms with Crippen LogP contribution in [0, 0.1) is 0 Å². The summed E-state index contributed by atoms with van der Waals surface area (Å²) in [7, 11) is 0. The van der Waals surface area contributed by atoms with Crippen LogP contribution in [0.3, 0.4) is 0 Å². The van der Waals surface area contributed by atoms with Crippen molar-refractivity contribution in [3.05, 3.63) is 47.7 Å². The molecule has 3 heteroatoms. The zero-order valence-electron chi connectivity index (χ0n) is 11.1. The van der Waals surface area contributed by atoms with E-state index >= 15 is 0 Å². The third-order valence-electron chi connectivity index (χ3n) is 3.57. The van der Waals surface area contributed by atoms with E-state index in [0.717, 1.165) is 41.8 Å². The van der Waals surface area contributed by atoms with E-state index in [-0.39, 0.29) is 6.61 Å². The summed E-state index contributed by atoms with van der Waals surface area (Å²) < 4.78 is 0. The predicted molar refractivity (Wildman–Crippen MR) is 78.3 cm³/mol. The molecule has 0 saturated heterocycles. The molecule has 1 aliphatic heterocycles. The molecule has 2 heterocycles. The molecule has 3 nitrogen and oxygen atoms in total. The largest absolute Gasteiger partial charge is 0.390 e. The van der Waals surface area contributed by atoms with Crippen molar-refractivity contribution in [2.24, 2.45) is 0 Å². The molecule has 0 fully saturated rings. The second-order valence-corrected chi connectivity index (χ2v) is 5.08. The molecule has 1 aromatic heterocycles. The molecule has 0 radical (unpaired) electrons. The highest BCUT2D eigenvalue weighted by molar-refractivity contribution is 5.92. The first-order chi connectivity index (χ1) is 9.28. The Morgan fingerprint density at radius 2 is 2.16 bits per heavy atom. The fraction of sp³-hybridized carbons (Fsp3) is 0.312. The number of aliphatic hydroxyl groups excluding tert-OH is 1. The van der Waals surface area contributed by atoms with E-state index in [1.165, 1.54) is 5.57 Å². The minimum absolute atomic E-state index is 0.0134. The lowest BCUT2D eigenvalue weighted by molar-refractivity contribution is 0.277. The normalized spacial score (nSPS) is 15.7. The molecular formula is C16H18N2O. The monoisotopic (exact) mass is 254 g/mol. The number of benzene rings is 1. The molecule has 0 bridgehead atoms. The lowest BCUT2D eigenvalue weighted by Gasteiger charge is -2.28. The number of fused-ring (bicyclic) bond motifs is 1. The Labute approximate surface area is 113 Å². The first-order valence-corrected chi connectivity index (χ1v) is 6.68. The van der Waals surface area contributed by atoms with Gasteiger partial charge in [0.25, 0.3) is 0 Å². The highest BCUT2D eigenvalue weighted by Crippen LogP contribution is 2.27. The molecule has 0 saturated carbocycles. The van der Waals surface area contributed by atoms with Gasteiger partial charge in [-0.25, -0.2) is 4.98 Å². The van der Waals surface area contributed by atoms with Crippen LogP contribution in [-0.2, 0) is 6.61 Å². The van der Waals surface area contributed by atoms with Gasteiger partial charge in [-0.2, -0.15) is 0 Å². The van der Waals surface area contributed by atoms with E-state index in [1.807, 2.05) is 18.2 Å². The Hall–Kier alpha value is -1.87. The van der Waals surface area contributed by atoms with Crippen molar-refractivity contribution in [3.8, 4) is 0 Å².